The van der Waals surface area contributed by atoms with E-state index in [1.165, 1.54) is 6.08 Å². The van der Waals surface area contributed by atoms with Gasteiger partial charge in [0.05, 0.1) is 0 Å². The van der Waals surface area contributed by atoms with Gasteiger partial charge in [-0.2, -0.15) is 0 Å². The van der Waals surface area contributed by atoms with Crippen LogP contribution < -0.4 is 0 Å². The standard InChI is InChI=1S/C8H12O2/c1-3-8(10)5-4-6(2)7(8)9/h3-4,7,9-10H,1,5H2,2H3. The van der Waals surface area contributed by atoms with Crippen LogP contribution in [0.4, 0.5) is 0 Å². The summed E-state index contributed by atoms with van der Waals surface area (Å²) in [5, 5.41) is 18.8. The van der Waals surface area contributed by atoms with Crippen LogP contribution in [0.15, 0.2) is 24.3 Å². The fraction of sp³-hybridized carbons (Fsp3) is 0.500. The third-order valence-corrected chi connectivity index (χ3v) is 2.01. The zero-order chi connectivity index (χ0) is 7.78. The Hall–Kier alpha value is -0.600. The summed E-state index contributed by atoms with van der Waals surface area (Å²) in [6, 6.07) is 0. The molecular weight excluding hydrogens is 128 g/mol. The van der Waals surface area contributed by atoms with E-state index >= 15 is 0 Å². The highest BCUT2D eigenvalue weighted by Crippen LogP contribution is 2.29. The number of hydrogen-bond acceptors (Lipinski definition) is 2. The molecule has 0 saturated carbocycles. The zero-order valence-corrected chi connectivity index (χ0v) is 6.04. The third kappa shape index (κ3) is 0.895. The second-order valence-electron chi connectivity index (χ2n) is 2.75. The van der Waals surface area contributed by atoms with Crippen molar-refractivity contribution in [2.45, 2.75) is 25.0 Å². The molecule has 0 bridgehead atoms. The van der Waals surface area contributed by atoms with Crippen LogP contribution in [0, 0.1) is 0 Å². The maximum Gasteiger partial charge on any atom is 0.116 e. The molecule has 56 valence electrons. The van der Waals surface area contributed by atoms with Crippen LogP contribution in [0.2, 0.25) is 0 Å². The smallest absolute Gasteiger partial charge is 0.116 e. The Morgan fingerprint density at radius 1 is 1.90 bits per heavy atom. The Labute approximate surface area is 60.5 Å². The van der Waals surface area contributed by atoms with E-state index in [1.807, 2.05) is 6.08 Å². The van der Waals surface area contributed by atoms with Crippen molar-refractivity contribution in [3.63, 3.8) is 0 Å². The number of aliphatic hydroxyl groups is 2. The first kappa shape index (κ1) is 7.51. The molecule has 0 aromatic rings. The summed E-state index contributed by atoms with van der Waals surface area (Å²) in [5.41, 5.74) is -0.285. The molecule has 10 heavy (non-hydrogen) atoms. The number of hydrogen-bond donors (Lipinski definition) is 2. The highest BCUT2D eigenvalue weighted by Gasteiger charge is 2.36. The predicted octanol–water partition coefficient (Wildman–Crippen LogP) is 0.614. The van der Waals surface area contributed by atoms with Crippen molar-refractivity contribution in [1.29, 1.82) is 0 Å². The molecule has 0 heterocycles. The van der Waals surface area contributed by atoms with Crippen molar-refractivity contribution in [2.75, 3.05) is 0 Å². The lowest BCUT2D eigenvalue weighted by atomic mass is 9.97. The van der Waals surface area contributed by atoms with E-state index in [2.05, 4.69) is 6.58 Å². The molecule has 2 nitrogen and oxygen atoms in total. The average molecular weight is 140 g/mol. The van der Waals surface area contributed by atoms with E-state index in [-0.39, 0.29) is 0 Å². The molecular formula is C8H12O2. The summed E-state index contributed by atoms with van der Waals surface area (Å²) < 4.78 is 0. The van der Waals surface area contributed by atoms with Crippen molar-refractivity contribution in [3.8, 4) is 0 Å². The monoisotopic (exact) mass is 140 g/mol. The largest absolute Gasteiger partial charge is 0.385 e. The Morgan fingerprint density at radius 3 is 2.70 bits per heavy atom. The second kappa shape index (κ2) is 2.22. The topological polar surface area (TPSA) is 40.5 Å². The minimum absolute atomic E-state index is 0.476. The third-order valence-electron chi connectivity index (χ3n) is 2.01. The van der Waals surface area contributed by atoms with E-state index in [0.717, 1.165) is 5.57 Å². The fourth-order valence-corrected chi connectivity index (χ4v) is 1.14. The molecule has 0 radical (unpaired) electrons. The molecule has 1 aliphatic carbocycles. The SMILES string of the molecule is C=CC1(O)CC=C(C)C1O. The Kier molecular flexibility index (Phi) is 1.67. The lowest BCUT2D eigenvalue weighted by Gasteiger charge is -2.23. The quantitative estimate of drug-likeness (QED) is 0.524. The van der Waals surface area contributed by atoms with Gasteiger partial charge in [0, 0.05) is 6.42 Å². The average Bonchev–Trinajstić information content (AvgIpc) is 2.19. The first-order chi connectivity index (χ1) is 4.60. The van der Waals surface area contributed by atoms with Gasteiger partial charge in [0.25, 0.3) is 0 Å². The van der Waals surface area contributed by atoms with Gasteiger partial charge in [-0.15, -0.1) is 6.58 Å². The first-order valence-corrected chi connectivity index (χ1v) is 3.31. The van der Waals surface area contributed by atoms with Gasteiger partial charge in [-0.05, 0) is 12.5 Å². The molecule has 2 unspecified atom stereocenters. The summed E-state index contributed by atoms with van der Waals surface area (Å²) in [6.45, 7) is 5.25. The Morgan fingerprint density at radius 2 is 2.50 bits per heavy atom. The Balaban J connectivity index is 2.81. The van der Waals surface area contributed by atoms with Crippen LogP contribution in [-0.4, -0.2) is 21.9 Å². The minimum Gasteiger partial charge on any atom is -0.385 e. The highest BCUT2D eigenvalue weighted by atomic mass is 16.3. The van der Waals surface area contributed by atoms with Crippen molar-refractivity contribution in [1.82, 2.24) is 0 Å². The van der Waals surface area contributed by atoms with Gasteiger partial charge >= 0.3 is 0 Å². The zero-order valence-electron chi connectivity index (χ0n) is 6.04. The second-order valence-corrected chi connectivity index (χ2v) is 2.75. The summed E-state index contributed by atoms with van der Waals surface area (Å²) in [4.78, 5) is 0. The van der Waals surface area contributed by atoms with Crippen LogP contribution in [0.25, 0.3) is 0 Å². The van der Waals surface area contributed by atoms with E-state index in [0.29, 0.717) is 6.42 Å². The van der Waals surface area contributed by atoms with Gasteiger partial charge in [-0.3, -0.25) is 0 Å². The van der Waals surface area contributed by atoms with E-state index < -0.39 is 11.7 Å². The van der Waals surface area contributed by atoms with Crippen molar-refractivity contribution < 1.29 is 10.2 Å². The molecule has 2 N–H and O–H groups in total. The molecule has 0 aromatic carbocycles. The summed E-state index contributed by atoms with van der Waals surface area (Å²) in [7, 11) is 0. The maximum atomic E-state index is 9.52. The van der Waals surface area contributed by atoms with Gasteiger partial charge in [-0.25, -0.2) is 0 Å². The predicted molar refractivity (Wildman–Crippen MR) is 39.5 cm³/mol. The van der Waals surface area contributed by atoms with E-state index in [9.17, 15) is 10.2 Å². The molecule has 2 atom stereocenters. The number of rotatable bonds is 1. The summed E-state index contributed by atoms with van der Waals surface area (Å²) in [5.74, 6) is 0. The summed E-state index contributed by atoms with van der Waals surface area (Å²) >= 11 is 0. The van der Waals surface area contributed by atoms with E-state index in [4.69, 9.17) is 0 Å². The maximum absolute atomic E-state index is 9.52. The lowest BCUT2D eigenvalue weighted by Crippen LogP contribution is -2.36. The van der Waals surface area contributed by atoms with Crippen LogP contribution in [0.5, 0.6) is 0 Å². The molecule has 1 rings (SSSR count). The fourth-order valence-electron chi connectivity index (χ4n) is 1.14. The van der Waals surface area contributed by atoms with Gasteiger partial charge in [-0.1, -0.05) is 12.2 Å². The first-order valence-electron chi connectivity index (χ1n) is 3.31. The molecule has 0 fully saturated rings. The van der Waals surface area contributed by atoms with Crippen LogP contribution in [-0.2, 0) is 0 Å². The molecule has 0 amide bonds. The minimum atomic E-state index is -1.11. The number of aliphatic hydroxyl groups excluding tert-OH is 1. The summed E-state index contributed by atoms with van der Waals surface area (Å²) in [6.07, 6.45) is 2.94. The van der Waals surface area contributed by atoms with Gasteiger partial charge in [0.15, 0.2) is 0 Å². The molecule has 0 aromatic heterocycles. The normalized spacial score (nSPS) is 39.5. The Bertz CT molecular complexity index is 184. The van der Waals surface area contributed by atoms with E-state index in [1.54, 1.807) is 6.92 Å². The van der Waals surface area contributed by atoms with Crippen LogP contribution in [0.1, 0.15) is 13.3 Å². The highest BCUT2D eigenvalue weighted by molar-refractivity contribution is 5.25. The van der Waals surface area contributed by atoms with Crippen molar-refractivity contribution in [3.05, 3.63) is 24.3 Å². The molecule has 0 spiro atoms. The molecule has 0 saturated heterocycles. The van der Waals surface area contributed by atoms with Gasteiger partial charge in [0.1, 0.15) is 11.7 Å². The van der Waals surface area contributed by atoms with Crippen LogP contribution in [0.3, 0.4) is 0 Å². The van der Waals surface area contributed by atoms with Crippen molar-refractivity contribution >= 4 is 0 Å². The molecule has 1 aliphatic rings. The van der Waals surface area contributed by atoms with Gasteiger partial charge in [0.2, 0.25) is 0 Å². The van der Waals surface area contributed by atoms with Crippen LogP contribution >= 0.6 is 0 Å². The molecule has 0 aliphatic heterocycles. The van der Waals surface area contributed by atoms with Crippen molar-refractivity contribution in [2.24, 2.45) is 0 Å². The lowest BCUT2D eigenvalue weighted by molar-refractivity contribution is -0.00605. The molecule has 2 heteroatoms. The van der Waals surface area contributed by atoms with Gasteiger partial charge < -0.3 is 10.2 Å².